The van der Waals surface area contributed by atoms with Crippen LogP contribution in [0.5, 0.6) is 0 Å². The first-order valence-electron chi connectivity index (χ1n) is 2.14. The van der Waals surface area contributed by atoms with Crippen LogP contribution in [0.2, 0.25) is 0 Å². The lowest BCUT2D eigenvalue weighted by atomic mass is 11.5. The number of rotatable bonds is 3. The average Bonchev–Trinajstić information content (AvgIpc) is 1.69. The molecule has 8 heavy (non-hydrogen) atoms. The van der Waals surface area contributed by atoms with E-state index in [1.165, 1.54) is 14.2 Å². The van der Waals surface area contributed by atoms with Crippen molar-refractivity contribution >= 4 is 9.28 Å². The molecular weight excluding hydrogens is 128 g/mol. The Kier molecular flexibility index (Phi) is 4.02. The minimum Gasteiger partial charge on any atom is -0.397 e. The molecular formula is C3H10O4Si. The molecule has 0 aromatic rings. The highest BCUT2D eigenvalue weighted by Gasteiger charge is 2.17. The Hall–Kier alpha value is 0.0569. The first kappa shape index (κ1) is 8.06. The smallest absolute Gasteiger partial charge is 0.378 e. The molecule has 0 aliphatic rings. The highest BCUT2D eigenvalue weighted by atomic mass is 28.3. The van der Waals surface area contributed by atoms with Gasteiger partial charge in [0.15, 0.2) is 5.91 Å². The fraction of sp³-hybridized carbons (Fsp3) is 1.00. The van der Waals surface area contributed by atoms with Crippen molar-refractivity contribution in [2.45, 2.75) is 5.91 Å². The fourth-order valence-corrected chi connectivity index (χ4v) is 1.02. The van der Waals surface area contributed by atoms with E-state index in [0.29, 0.717) is 0 Å². The van der Waals surface area contributed by atoms with Crippen LogP contribution in [-0.2, 0) is 8.85 Å². The second kappa shape index (κ2) is 3.99. The Bertz CT molecular complexity index is 53.2. The molecule has 0 heterocycles. The summed E-state index contributed by atoms with van der Waals surface area (Å²) in [5.74, 6) is -1.43. The number of hydrogen-bond donors (Lipinski definition) is 2. The third kappa shape index (κ3) is 2.39. The van der Waals surface area contributed by atoms with E-state index in [0.717, 1.165) is 0 Å². The molecule has 0 rings (SSSR count). The maximum absolute atomic E-state index is 8.38. The molecule has 0 spiro atoms. The molecule has 5 heteroatoms. The van der Waals surface area contributed by atoms with E-state index < -0.39 is 15.2 Å². The lowest BCUT2D eigenvalue weighted by Crippen LogP contribution is -2.34. The predicted molar refractivity (Wildman–Crippen MR) is 29.4 cm³/mol. The topological polar surface area (TPSA) is 58.9 Å². The van der Waals surface area contributed by atoms with E-state index in [4.69, 9.17) is 10.2 Å². The Morgan fingerprint density at radius 1 is 1.25 bits per heavy atom. The minimum atomic E-state index is -2.15. The average molecular weight is 138 g/mol. The van der Waals surface area contributed by atoms with Gasteiger partial charge in [-0.2, -0.15) is 0 Å². The first-order chi connectivity index (χ1) is 3.72. The summed E-state index contributed by atoms with van der Waals surface area (Å²) in [4.78, 5) is 0. The van der Waals surface area contributed by atoms with E-state index >= 15 is 0 Å². The van der Waals surface area contributed by atoms with Gasteiger partial charge in [-0.15, -0.1) is 0 Å². The SMILES string of the molecule is CO[SiH](OC)C(O)O. The van der Waals surface area contributed by atoms with Gasteiger partial charge < -0.3 is 19.1 Å². The summed E-state index contributed by atoms with van der Waals surface area (Å²) in [6.07, 6.45) is 0. The summed E-state index contributed by atoms with van der Waals surface area (Å²) >= 11 is 0. The molecule has 0 aliphatic heterocycles. The molecule has 0 radical (unpaired) electrons. The molecule has 50 valence electrons. The second-order valence-corrected chi connectivity index (χ2v) is 3.53. The lowest BCUT2D eigenvalue weighted by Gasteiger charge is -2.11. The summed E-state index contributed by atoms with van der Waals surface area (Å²) in [6, 6.07) is 0. The molecule has 0 bridgehead atoms. The summed E-state index contributed by atoms with van der Waals surface area (Å²) in [5, 5.41) is 16.8. The monoisotopic (exact) mass is 138 g/mol. The van der Waals surface area contributed by atoms with Crippen molar-refractivity contribution in [3.05, 3.63) is 0 Å². The minimum absolute atomic E-state index is 1.39. The second-order valence-electron chi connectivity index (χ2n) is 1.25. The summed E-state index contributed by atoms with van der Waals surface area (Å²) < 4.78 is 9.16. The molecule has 0 aliphatic carbocycles. The van der Waals surface area contributed by atoms with Crippen LogP contribution in [0.1, 0.15) is 0 Å². The molecule has 0 fully saturated rings. The van der Waals surface area contributed by atoms with Crippen molar-refractivity contribution in [2.75, 3.05) is 14.2 Å². The van der Waals surface area contributed by atoms with Crippen molar-refractivity contribution in [1.82, 2.24) is 0 Å². The van der Waals surface area contributed by atoms with Crippen LogP contribution in [0.3, 0.4) is 0 Å². The van der Waals surface area contributed by atoms with Gasteiger partial charge in [-0.3, -0.25) is 0 Å². The standard InChI is InChI=1S/C3H10O4Si/c1-6-8(7-2)3(4)5/h3-5,8H,1-2H3. The molecule has 0 atom stereocenters. The Balaban J connectivity index is 3.35. The lowest BCUT2D eigenvalue weighted by molar-refractivity contribution is -0.00637. The molecule has 0 saturated carbocycles. The van der Waals surface area contributed by atoms with Gasteiger partial charge in [0.25, 0.3) is 0 Å². The Morgan fingerprint density at radius 3 is 1.62 bits per heavy atom. The molecule has 0 amide bonds. The van der Waals surface area contributed by atoms with Gasteiger partial charge in [0.1, 0.15) is 0 Å². The molecule has 0 saturated heterocycles. The molecule has 2 N–H and O–H groups in total. The van der Waals surface area contributed by atoms with Crippen LogP contribution < -0.4 is 0 Å². The Labute approximate surface area is 49.5 Å². The molecule has 4 nitrogen and oxygen atoms in total. The number of aliphatic hydroxyl groups is 2. The number of hydrogen-bond acceptors (Lipinski definition) is 4. The quantitative estimate of drug-likeness (QED) is 0.362. The summed E-state index contributed by atoms with van der Waals surface area (Å²) in [6.45, 7) is 0. The third-order valence-electron chi connectivity index (χ3n) is 0.708. The van der Waals surface area contributed by atoms with E-state index in [2.05, 4.69) is 8.85 Å². The Morgan fingerprint density at radius 2 is 1.62 bits per heavy atom. The van der Waals surface area contributed by atoms with Gasteiger partial charge in [-0.05, 0) is 0 Å². The van der Waals surface area contributed by atoms with Crippen LogP contribution in [0, 0.1) is 0 Å². The van der Waals surface area contributed by atoms with Gasteiger partial charge in [0.2, 0.25) is 0 Å². The van der Waals surface area contributed by atoms with Crippen molar-refractivity contribution < 1.29 is 19.1 Å². The van der Waals surface area contributed by atoms with Crippen LogP contribution in [0.25, 0.3) is 0 Å². The van der Waals surface area contributed by atoms with E-state index in [-0.39, 0.29) is 0 Å². The number of aliphatic hydroxyl groups excluding tert-OH is 1. The van der Waals surface area contributed by atoms with Crippen LogP contribution in [-0.4, -0.2) is 39.6 Å². The summed E-state index contributed by atoms with van der Waals surface area (Å²) in [7, 11) is 0.623. The fourth-order valence-electron chi connectivity index (χ4n) is 0.340. The molecule has 0 aromatic heterocycles. The third-order valence-corrected chi connectivity index (χ3v) is 2.12. The summed E-state index contributed by atoms with van der Waals surface area (Å²) in [5.41, 5.74) is 0. The highest BCUT2D eigenvalue weighted by Crippen LogP contribution is 1.87. The van der Waals surface area contributed by atoms with Gasteiger partial charge in [0, 0.05) is 14.2 Å². The van der Waals surface area contributed by atoms with Crippen LogP contribution >= 0.6 is 0 Å². The maximum Gasteiger partial charge on any atom is 0.378 e. The van der Waals surface area contributed by atoms with Crippen LogP contribution in [0.15, 0.2) is 0 Å². The zero-order valence-electron chi connectivity index (χ0n) is 4.87. The van der Waals surface area contributed by atoms with Gasteiger partial charge in [-0.25, -0.2) is 0 Å². The van der Waals surface area contributed by atoms with E-state index in [1.54, 1.807) is 0 Å². The van der Waals surface area contributed by atoms with Crippen molar-refractivity contribution in [3.8, 4) is 0 Å². The van der Waals surface area contributed by atoms with Gasteiger partial charge >= 0.3 is 9.28 Å². The zero-order valence-corrected chi connectivity index (χ0v) is 6.02. The largest absolute Gasteiger partial charge is 0.397 e. The first-order valence-corrected chi connectivity index (χ1v) is 3.75. The highest BCUT2D eigenvalue weighted by molar-refractivity contribution is 6.45. The van der Waals surface area contributed by atoms with Crippen LogP contribution in [0.4, 0.5) is 0 Å². The normalized spacial score (nSPS) is 11.2. The molecule has 0 unspecified atom stereocenters. The maximum atomic E-state index is 8.38. The zero-order chi connectivity index (χ0) is 6.57. The van der Waals surface area contributed by atoms with Crippen molar-refractivity contribution in [1.29, 1.82) is 0 Å². The van der Waals surface area contributed by atoms with E-state index in [1.807, 2.05) is 0 Å². The van der Waals surface area contributed by atoms with Gasteiger partial charge in [0.05, 0.1) is 0 Å². The van der Waals surface area contributed by atoms with Crippen molar-refractivity contribution in [3.63, 3.8) is 0 Å². The van der Waals surface area contributed by atoms with E-state index in [9.17, 15) is 0 Å². The predicted octanol–water partition coefficient (Wildman–Crippen LogP) is -1.65. The van der Waals surface area contributed by atoms with Crippen molar-refractivity contribution in [2.24, 2.45) is 0 Å². The van der Waals surface area contributed by atoms with Gasteiger partial charge in [-0.1, -0.05) is 0 Å². The molecule has 0 aromatic carbocycles.